The molecule has 4 nitrogen and oxygen atoms in total. The SMILES string of the molecule is CCOC(=O)N1CCC(NCc2ccc(Cl)cc2Cl)CC1.Cl. The average Bonchev–Trinajstić information content (AvgIpc) is 2.47. The van der Waals surface area contributed by atoms with Crippen molar-refractivity contribution < 1.29 is 9.53 Å². The Kier molecular flexibility index (Phi) is 8.33. The minimum Gasteiger partial charge on any atom is -0.450 e. The van der Waals surface area contributed by atoms with Crippen LogP contribution in [0.25, 0.3) is 0 Å². The van der Waals surface area contributed by atoms with E-state index in [9.17, 15) is 4.79 Å². The molecule has 1 heterocycles. The van der Waals surface area contributed by atoms with E-state index in [0.29, 0.717) is 29.2 Å². The van der Waals surface area contributed by atoms with E-state index in [1.54, 1.807) is 11.0 Å². The van der Waals surface area contributed by atoms with Crippen LogP contribution in [0.2, 0.25) is 10.0 Å². The number of hydrogen-bond donors (Lipinski definition) is 1. The fourth-order valence-electron chi connectivity index (χ4n) is 2.40. The highest BCUT2D eigenvalue weighted by molar-refractivity contribution is 6.35. The van der Waals surface area contributed by atoms with Gasteiger partial charge in [-0.25, -0.2) is 4.79 Å². The zero-order chi connectivity index (χ0) is 15.2. The number of nitrogens with zero attached hydrogens (tertiary/aromatic N) is 1. The number of amides is 1. The molecule has 1 aliphatic rings. The Morgan fingerprint density at radius 3 is 2.64 bits per heavy atom. The number of likely N-dealkylation sites (tertiary alicyclic amines) is 1. The molecule has 1 N–H and O–H groups in total. The summed E-state index contributed by atoms with van der Waals surface area (Å²) in [5.74, 6) is 0. The maximum Gasteiger partial charge on any atom is 0.409 e. The maximum atomic E-state index is 11.6. The van der Waals surface area contributed by atoms with Gasteiger partial charge in [0, 0.05) is 35.7 Å². The van der Waals surface area contributed by atoms with E-state index < -0.39 is 0 Å². The van der Waals surface area contributed by atoms with Crippen molar-refractivity contribution in [2.24, 2.45) is 0 Å². The Morgan fingerprint density at radius 1 is 1.36 bits per heavy atom. The van der Waals surface area contributed by atoms with E-state index in [1.807, 2.05) is 19.1 Å². The molecule has 1 saturated heterocycles. The smallest absolute Gasteiger partial charge is 0.409 e. The molecule has 1 aliphatic heterocycles. The molecule has 0 aliphatic carbocycles. The van der Waals surface area contributed by atoms with Crippen molar-refractivity contribution in [1.82, 2.24) is 10.2 Å². The van der Waals surface area contributed by atoms with Crippen molar-refractivity contribution >= 4 is 41.7 Å². The maximum absolute atomic E-state index is 11.6. The topological polar surface area (TPSA) is 41.6 Å². The highest BCUT2D eigenvalue weighted by Crippen LogP contribution is 2.21. The van der Waals surface area contributed by atoms with Crippen molar-refractivity contribution in [2.45, 2.75) is 32.4 Å². The second-order valence-corrected chi connectivity index (χ2v) is 5.92. The predicted octanol–water partition coefficient (Wildman–Crippen LogP) is 4.13. The van der Waals surface area contributed by atoms with Crippen molar-refractivity contribution in [3.05, 3.63) is 33.8 Å². The molecule has 0 atom stereocenters. The lowest BCUT2D eigenvalue weighted by atomic mass is 10.0. The first-order valence-corrected chi connectivity index (χ1v) is 7.94. The van der Waals surface area contributed by atoms with E-state index in [2.05, 4.69) is 5.32 Å². The van der Waals surface area contributed by atoms with Crippen LogP contribution in [0.1, 0.15) is 25.3 Å². The van der Waals surface area contributed by atoms with E-state index in [-0.39, 0.29) is 18.5 Å². The standard InChI is InChI=1S/C15H20Cl2N2O2.ClH/c1-2-21-15(20)19-7-5-13(6-8-19)18-10-11-3-4-12(16)9-14(11)17;/h3-4,9,13,18H,2,5-8,10H2,1H3;1H. The molecule has 0 spiro atoms. The van der Waals surface area contributed by atoms with Crippen LogP contribution < -0.4 is 5.32 Å². The second-order valence-electron chi connectivity index (χ2n) is 5.08. The summed E-state index contributed by atoms with van der Waals surface area (Å²) in [6.45, 7) is 4.41. The zero-order valence-electron chi connectivity index (χ0n) is 12.5. The molecular weight excluding hydrogens is 347 g/mol. The van der Waals surface area contributed by atoms with Crippen LogP contribution in [0.4, 0.5) is 4.79 Å². The van der Waals surface area contributed by atoms with Gasteiger partial charge in [0.05, 0.1) is 6.61 Å². The Bertz CT molecular complexity index is 492. The van der Waals surface area contributed by atoms with Gasteiger partial charge >= 0.3 is 6.09 Å². The summed E-state index contributed by atoms with van der Waals surface area (Å²) in [4.78, 5) is 13.4. The Morgan fingerprint density at radius 2 is 2.05 bits per heavy atom. The van der Waals surface area contributed by atoms with Gasteiger partial charge in [0.1, 0.15) is 0 Å². The molecule has 7 heteroatoms. The summed E-state index contributed by atoms with van der Waals surface area (Å²) in [7, 11) is 0. The van der Waals surface area contributed by atoms with Gasteiger partial charge in [-0.2, -0.15) is 0 Å². The third-order valence-corrected chi connectivity index (χ3v) is 4.20. The van der Waals surface area contributed by atoms with Gasteiger partial charge in [-0.05, 0) is 37.5 Å². The fourth-order valence-corrected chi connectivity index (χ4v) is 2.88. The minimum absolute atomic E-state index is 0. The van der Waals surface area contributed by atoms with E-state index in [1.165, 1.54) is 0 Å². The van der Waals surface area contributed by atoms with Crippen LogP contribution in [0, 0.1) is 0 Å². The number of carbonyl (C=O) groups excluding carboxylic acids is 1. The molecule has 0 radical (unpaired) electrons. The molecule has 2 rings (SSSR count). The fraction of sp³-hybridized carbons (Fsp3) is 0.533. The Balaban J connectivity index is 0.00000242. The summed E-state index contributed by atoms with van der Waals surface area (Å²) in [6, 6.07) is 5.92. The number of ether oxygens (including phenoxy) is 1. The first-order valence-electron chi connectivity index (χ1n) is 7.19. The number of nitrogens with one attached hydrogen (secondary N) is 1. The molecule has 0 aromatic heterocycles. The third kappa shape index (κ3) is 5.51. The van der Waals surface area contributed by atoms with Crippen LogP contribution in [-0.4, -0.2) is 36.7 Å². The average molecular weight is 368 g/mol. The number of benzene rings is 1. The molecule has 0 unspecified atom stereocenters. The van der Waals surface area contributed by atoms with Gasteiger partial charge < -0.3 is 15.0 Å². The summed E-state index contributed by atoms with van der Waals surface area (Å²) in [5.41, 5.74) is 1.04. The highest BCUT2D eigenvalue weighted by Gasteiger charge is 2.23. The van der Waals surface area contributed by atoms with Crippen LogP contribution in [0.3, 0.4) is 0 Å². The first-order chi connectivity index (χ1) is 10.1. The number of halogens is 3. The monoisotopic (exact) mass is 366 g/mol. The van der Waals surface area contributed by atoms with Gasteiger partial charge in [-0.15, -0.1) is 12.4 Å². The van der Waals surface area contributed by atoms with Crippen LogP contribution in [0.15, 0.2) is 18.2 Å². The number of piperidine rings is 1. The van der Waals surface area contributed by atoms with Gasteiger partial charge in [0.2, 0.25) is 0 Å². The molecule has 1 aromatic carbocycles. The molecule has 22 heavy (non-hydrogen) atoms. The Labute approximate surface area is 147 Å². The van der Waals surface area contributed by atoms with Crippen molar-refractivity contribution in [3.63, 3.8) is 0 Å². The molecular formula is C15H21Cl3N2O2. The van der Waals surface area contributed by atoms with E-state index in [0.717, 1.165) is 31.5 Å². The number of carbonyl (C=O) groups is 1. The molecule has 1 fully saturated rings. The molecule has 1 amide bonds. The number of rotatable bonds is 4. The van der Waals surface area contributed by atoms with E-state index >= 15 is 0 Å². The van der Waals surface area contributed by atoms with Crippen LogP contribution in [0.5, 0.6) is 0 Å². The third-order valence-electron chi connectivity index (χ3n) is 3.62. The Hall–Kier alpha value is -0.680. The second kappa shape index (κ2) is 9.46. The molecule has 124 valence electrons. The van der Waals surface area contributed by atoms with Gasteiger partial charge in [0.15, 0.2) is 0 Å². The lowest BCUT2D eigenvalue weighted by Crippen LogP contribution is -2.44. The zero-order valence-corrected chi connectivity index (χ0v) is 14.8. The van der Waals surface area contributed by atoms with E-state index in [4.69, 9.17) is 27.9 Å². The normalized spacial score (nSPS) is 15.3. The van der Waals surface area contributed by atoms with Crippen molar-refractivity contribution in [1.29, 1.82) is 0 Å². The largest absolute Gasteiger partial charge is 0.450 e. The summed E-state index contributed by atoms with van der Waals surface area (Å²) in [6.07, 6.45) is 1.63. The number of hydrogen-bond acceptors (Lipinski definition) is 3. The van der Waals surface area contributed by atoms with Gasteiger partial charge in [0.25, 0.3) is 0 Å². The van der Waals surface area contributed by atoms with Crippen LogP contribution >= 0.6 is 35.6 Å². The molecule has 1 aromatic rings. The molecule has 0 saturated carbocycles. The lowest BCUT2D eigenvalue weighted by Gasteiger charge is -2.31. The lowest BCUT2D eigenvalue weighted by molar-refractivity contribution is 0.0950. The van der Waals surface area contributed by atoms with Gasteiger partial charge in [-0.1, -0.05) is 29.3 Å². The minimum atomic E-state index is -0.211. The summed E-state index contributed by atoms with van der Waals surface area (Å²) < 4.78 is 5.01. The van der Waals surface area contributed by atoms with Crippen molar-refractivity contribution in [2.75, 3.05) is 19.7 Å². The van der Waals surface area contributed by atoms with Gasteiger partial charge in [-0.3, -0.25) is 0 Å². The summed E-state index contributed by atoms with van der Waals surface area (Å²) >= 11 is 12.0. The first kappa shape index (κ1) is 19.4. The van der Waals surface area contributed by atoms with Crippen LogP contribution in [-0.2, 0) is 11.3 Å². The summed E-state index contributed by atoms with van der Waals surface area (Å²) in [5, 5.41) is 4.81. The van der Waals surface area contributed by atoms with Crippen molar-refractivity contribution in [3.8, 4) is 0 Å². The quantitative estimate of drug-likeness (QED) is 0.870. The predicted molar refractivity (Wildman–Crippen MR) is 92.2 cm³/mol. The molecule has 0 bridgehead atoms. The highest BCUT2D eigenvalue weighted by atomic mass is 35.5.